The Kier molecular flexibility index (Phi) is 13.2. The number of aromatic nitrogens is 1. The molecule has 3 aliphatic heterocycles. The van der Waals surface area contributed by atoms with E-state index in [1.165, 1.54) is 10.0 Å². The second kappa shape index (κ2) is 18.5. The van der Waals surface area contributed by atoms with Gasteiger partial charge < -0.3 is 24.5 Å². The van der Waals surface area contributed by atoms with Crippen LogP contribution in [0.5, 0.6) is 5.75 Å². The van der Waals surface area contributed by atoms with E-state index in [9.17, 15) is 24.3 Å². The summed E-state index contributed by atoms with van der Waals surface area (Å²) >= 11 is 0. The molecule has 0 unspecified atom stereocenters. The number of hydrazine groups is 2. The summed E-state index contributed by atoms with van der Waals surface area (Å²) in [5, 5.41) is 18.4. The smallest absolute Gasteiger partial charge is 0.324 e. The third-order valence-electron chi connectivity index (χ3n) is 14.5. The number of nitrogens with one attached hydrogen (secondary N) is 3. The molecule has 348 valence electrons. The SMILES string of the molecule is C=C/C(=C(\N=C/C)[C@H](C)OC)c1c2c3cc(ccc3n1CC)-c1cc(O)cc(c1)C[C@H](NC(=O)[C@H](C(C)C)N1N[C@H]3[C@@H]4CC[C@@H](C4)[C@H]3C1=O)C(=O)N1CCC[C@H](N1)C(=O)OCC(C)(C)C2. The number of carbonyl (C=O) groups excluding carboxylic acids is 4. The number of allylic oxidation sites excluding steroid dienone is 2. The lowest BCUT2D eigenvalue weighted by molar-refractivity contribution is -0.155. The van der Waals surface area contributed by atoms with E-state index in [0.29, 0.717) is 49.8 Å². The Balaban J connectivity index is 1.23. The lowest BCUT2D eigenvalue weighted by Gasteiger charge is -2.37. The van der Waals surface area contributed by atoms with Crippen LogP contribution in [-0.4, -0.2) is 100 Å². The van der Waals surface area contributed by atoms with Crippen molar-refractivity contribution in [2.45, 2.75) is 130 Å². The summed E-state index contributed by atoms with van der Waals surface area (Å²) in [5.74, 6) is -1.05. The molecular formula is C51H67N7O7. The minimum Gasteiger partial charge on any atom is -0.508 e. The Morgan fingerprint density at radius 2 is 1.83 bits per heavy atom. The number of methoxy groups -OCH3 is 1. The van der Waals surface area contributed by atoms with Gasteiger partial charge in [-0.25, -0.2) is 10.9 Å². The van der Waals surface area contributed by atoms with Crippen LogP contribution in [0.25, 0.3) is 27.6 Å². The number of ether oxygens (including phenoxy) is 2. The molecule has 3 aromatic rings. The van der Waals surface area contributed by atoms with Gasteiger partial charge in [0.2, 0.25) is 11.8 Å². The molecule has 14 nitrogen and oxygen atoms in total. The number of esters is 1. The predicted molar refractivity (Wildman–Crippen MR) is 251 cm³/mol. The zero-order chi connectivity index (χ0) is 46.5. The normalized spacial score (nSPS) is 26.9. The topological polar surface area (TPSA) is 167 Å². The Labute approximate surface area is 382 Å². The van der Waals surface area contributed by atoms with E-state index in [0.717, 1.165) is 63.8 Å². The molecular weight excluding hydrogens is 823 g/mol. The number of rotatable bonds is 10. The van der Waals surface area contributed by atoms with E-state index in [1.54, 1.807) is 25.5 Å². The number of fused-ring (bicyclic) bond motifs is 11. The Morgan fingerprint density at radius 1 is 1.06 bits per heavy atom. The van der Waals surface area contributed by atoms with Crippen molar-refractivity contribution in [3.63, 3.8) is 0 Å². The van der Waals surface area contributed by atoms with Crippen LogP contribution in [0.3, 0.4) is 0 Å². The highest BCUT2D eigenvalue weighted by Gasteiger charge is 2.58. The van der Waals surface area contributed by atoms with Crippen LogP contribution in [-0.2, 0) is 48.0 Å². The van der Waals surface area contributed by atoms with Gasteiger partial charge in [-0.1, -0.05) is 52.5 Å². The molecule has 65 heavy (non-hydrogen) atoms. The first-order valence-corrected chi connectivity index (χ1v) is 23.6. The lowest BCUT2D eigenvalue weighted by atomic mass is 9.84. The fourth-order valence-electron chi connectivity index (χ4n) is 11.4. The Bertz CT molecular complexity index is 2430. The number of aromatic hydroxyl groups is 1. The number of aliphatic imine (C=N–C) groups is 1. The molecule has 4 heterocycles. The van der Waals surface area contributed by atoms with Gasteiger partial charge in [-0.2, -0.15) is 0 Å². The van der Waals surface area contributed by atoms with Crippen molar-refractivity contribution in [1.82, 2.24) is 30.8 Å². The van der Waals surface area contributed by atoms with Gasteiger partial charge in [0, 0.05) is 60.8 Å². The molecule has 3 amide bonds. The molecule has 8 rings (SSSR count). The highest BCUT2D eigenvalue weighted by molar-refractivity contribution is 5.96. The van der Waals surface area contributed by atoms with E-state index in [1.807, 2.05) is 45.9 Å². The average molecular weight is 890 g/mol. The quantitative estimate of drug-likeness (QED) is 0.101. The summed E-state index contributed by atoms with van der Waals surface area (Å²) < 4.78 is 14.2. The second-order valence-electron chi connectivity index (χ2n) is 19.9. The van der Waals surface area contributed by atoms with Crippen LogP contribution in [0.1, 0.15) is 97.4 Å². The Morgan fingerprint density at radius 3 is 2.52 bits per heavy atom. The zero-order valence-electron chi connectivity index (χ0n) is 39.3. The van der Waals surface area contributed by atoms with E-state index >= 15 is 0 Å². The first-order valence-electron chi connectivity index (χ1n) is 23.6. The van der Waals surface area contributed by atoms with Gasteiger partial charge in [0.25, 0.3) is 5.91 Å². The van der Waals surface area contributed by atoms with Crippen LogP contribution in [0, 0.1) is 29.1 Å². The molecule has 2 saturated heterocycles. The molecule has 0 radical (unpaired) electrons. The van der Waals surface area contributed by atoms with Crippen molar-refractivity contribution in [2.24, 2.45) is 34.1 Å². The summed E-state index contributed by atoms with van der Waals surface area (Å²) in [6.07, 6.45) is 7.96. The first kappa shape index (κ1) is 46.2. The van der Waals surface area contributed by atoms with Crippen molar-refractivity contribution in [3.8, 4) is 16.9 Å². The number of hydrogen-bond acceptors (Lipinski definition) is 10. The second-order valence-corrected chi connectivity index (χ2v) is 19.9. The number of hydrogen-bond donors (Lipinski definition) is 4. The van der Waals surface area contributed by atoms with Crippen LogP contribution >= 0.6 is 0 Å². The maximum absolute atomic E-state index is 14.8. The lowest BCUT2D eigenvalue weighted by Crippen LogP contribution is -2.63. The van der Waals surface area contributed by atoms with E-state index < -0.39 is 41.3 Å². The maximum Gasteiger partial charge on any atom is 0.324 e. The zero-order valence-corrected chi connectivity index (χ0v) is 39.3. The Hall–Kier alpha value is -5.31. The summed E-state index contributed by atoms with van der Waals surface area (Å²) in [6.45, 7) is 19.2. The van der Waals surface area contributed by atoms with Gasteiger partial charge in [0.15, 0.2) is 0 Å². The van der Waals surface area contributed by atoms with Gasteiger partial charge >= 0.3 is 5.97 Å². The molecule has 1 aromatic heterocycles. The number of carbonyl (C=O) groups is 4. The number of phenols is 1. The maximum atomic E-state index is 14.8. The van der Waals surface area contributed by atoms with Crippen molar-refractivity contribution in [3.05, 3.63) is 71.6 Å². The molecule has 5 aliphatic rings. The third kappa shape index (κ3) is 8.77. The fourth-order valence-corrected chi connectivity index (χ4v) is 11.4. The van der Waals surface area contributed by atoms with E-state index in [4.69, 9.17) is 14.5 Å². The van der Waals surface area contributed by atoms with Crippen molar-refractivity contribution < 1.29 is 33.8 Å². The number of aryl methyl sites for hydroxylation is 1. The number of nitrogens with zero attached hydrogens (tertiary/aromatic N) is 4. The molecule has 2 aromatic carbocycles. The van der Waals surface area contributed by atoms with Crippen molar-refractivity contribution in [2.75, 3.05) is 20.3 Å². The third-order valence-corrected chi connectivity index (χ3v) is 14.5. The highest BCUT2D eigenvalue weighted by atomic mass is 16.5. The van der Waals surface area contributed by atoms with Gasteiger partial charge in [0.05, 0.1) is 30.0 Å². The monoisotopic (exact) mass is 890 g/mol. The number of phenolic OH excluding ortho intramolecular Hbond substituents is 1. The minimum atomic E-state index is -1.11. The van der Waals surface area contributed by atoms with Gasteiger partial charge in [-0.3, -0.25) is 34.2 Å². The molecule has 8 bridgehead atoms. The summed E-state index contributed by atoms with van der Waals surface area (Å²) in [5.41, 5.74) is 12.8. The molecule has 14 heteroatoms. The van der Waals surface area contributed by atoms with E-state index in [2.05, 4.69) is 60.2 Å². The van der Waals surface area contributed by atoms with E-state index in [-0.39, 0.29) is 48.7 Å². The summed E-state index contributed by atoms with van der Waals surface area (Å²) in [4.78, 5) is 62.1. The number of amides is 3. The minimum absolute atomic E-state index is 0.0113. The van der Waals surface area contributed by atoms with Crippen LogP contribution < -0.4 is 16.2 Å². The largest absolute Gasteiger partial charge is 0.508 e. The fraction of sp³-hybridized carbons (Fsp3) is 0.549. The van der Waals surface area contributed by atoms with Gasteiger partial charge in [0.1, 0.15) is 23.9 Å². The van der Waals surface area contributed by atoms with Crippen LogP contribution in [0.2, 0.25) is 0 Å². The first-order chi connectivity index (χ1) is 31.1. The highest BCUT2D eigenvalue weighted by Crippen LogP contribution is 2.51. The molecule has 4 fully saturated rings. The average Bonchev–Trinajstić information content (AvgIpc) is 4.05. The number of cyclic esters (lactones) is 1. The molecule has 2 saturated carbocycles. The molecule has 8 atom stereocenters. The summed E-state index contributed by atoms with van der Waals surface area (Å²) in [7, 11) is 1.66. The van der Waals surface area contributed by atoms with Crippen LogP contribution in [0.4, 0.5) is 0 Å². The molecule has 0 spiro atoms. The van der Waals surface area contributed by atoms with Crippen molar-refractivity contribution >= 4 is 46.4 Å². The number of benzene rings is 2. The van der Waals surface area contributed by atoms with Crippen molar-refractivity contribution in [1.29, 1.82) is 0 Å². The molecule has 2 aliphatic carbocycles. The van der Waals surface area contributed by atoms with Gasteiger partial charge in [-0.15, -0.1) is 0 Å². The van der Waals surface area contributed by atoms with Gasteiger partial charge in [-0.05, 0) is 124 Å². The predicted octanol–water partition coefficient (Wildman–Crippen LogP) is 6.49. The standard InChI is InChI=1S/C51H67N7O7/c1-10-36(43(52-11-2)29(6)64-9)46-38-26-51(7,8)27-65-50(63)39-14-13-19-57(54-39)48(61)40(22-30-20-34(24-35(59)21-30)31-17-18-41(37(38)25-31)56(46)12-3)53-47(60)45(28(4)5)58-49(62)42-32-15-16-33(23-32)44(42)55-58/h10-11,17-18,20-21,24-25,28-29,32-33,39-40,42,44-45,54-55,59H,1,12-16,19,22-23,26-27H2,2-9H3,(H,53,60)/b43-36+,52-11-/t29-,32-,33+,39-,40-,42+,44-,45-/m0/s1. The van der Waals surface area contributed by atoms with Crippen LogP contribution in [0.15, 0.2) is 59.7 Å². The molecule has 4 N–H and O–H groups in total. The summed E-state index contributed by atoms with van der Waals surface area (Å²) in [6, 6.07) is 8.78.